The number of likely N-dealkylation sites (tertiary alicyclic amines) is 1. The quantitative estimate of drug-likeness (QED) is 0.297. The summed E-state index contributed by atoms with van der Waals surface area (Å²) < 4.78 is 10.7. The van der Waals surface area contributed by atoms with E-state index >= 15 is 0 Å². The first-order valence-electron chi connectivity index (χ1n) is 9.80. The molecule has 1 fully saturated rings. The number of halogens is 1. The normalized spacial score (nSPS) is 15.5. The van der Waals surface area contributed by atoms with Crippen molar-refractivity contribution in [3.8, 4) is 11.5 Å². The molecule has 2 heterocycles. The Morgan fingerprint density at radius 3 is 2.55 bits per heavy atom. The van der Waals surface area contributed by atoms with Crippen LogP contribution in [-0.4, -0.2) is 51.3 Å². The largest absolute Gasteiger partial charge is 0.493 e. The molecule has 160 valence electrons. The van der Waals surface area contributed by atoms with Gasteiger partial charge in [-0.25, -0.2) is 0 Å². The molecule has 1 atom stereocenters. The number of rotatable bonds is 8. The van der Waals surface area contributed by atoms with E-state index in [0.717, 1.165) is 37.8 Å². The smallest absolute Gasteiger partial charge is 0.195 e. The number of guanidine groups is 1. The lowest BCUT2D eigenvalue weighted by molar-refractivity contribution is 0.255. The Kier molecular flexibility index (Phi) is 10.0. The molecule has 6 nitrogen and oxygen atoms in total. The number of aliphatic imine (C=N–C) groups is 1. The lowest BCUT2D eigenvalue weighted by Crippen LogP contribution is -2.33. The maximum atomic E-state index is 5.40. The van der Waals surface area contributed by atoms with E-state index in [0.29, 0.717) is 17.5 Å². The van der Waals surface area contributed by atoms with Crippen LogP contribution in [0, 0.1) is 0 Å². The van der Waals surface area contributed by atoms with Crippen molar-refractivity contribution in [2.24, 2.45) is 4.99 Å². The van der Waals surface area contributed by atoms with E-state index < -0.39 is 0 Å². The lowest BCUT2D eigenvalue weighted by Gasteiger charge is -2.25. The molecule has 8 heteroatoms. The molecule has 0 radical (unpaired) electrons. The molecule has 1 aromatic heterocycles. The molecule has 0 saturated carbocycles. The Bertz CT molecular complexity index is 764. The lowest BCUT2D eigenvalue weighted by atomic mass is 10.2. The predicted molar refractivity (Wildman–Crippen MR) is 132 cm³/mol. The van der Waals surface area contributed by atoms with Crippen LogP contribution in [0.5, 0.6) is 11.5 Å². The van der Waals surface area contributed by atoms with E-state index in [1.807, 2.05) is 29.5 Å². The Hall–Kier alpha value is -1.52. The van der Waals surface area contributed by atoms with Crippen molar-refractivity contribution in [3.05, 3.63) is 40.6 Å². The highest BCUT2D eigenvalue weighted by molar-refractivity contribution is 14.0. The molecule has 0 bridgehead atoms. The first-order chi connectivity index (χ1) is 13.7. The third kappa shape index (κ3) is 6.48. The van der Waals surface area contributed by atoms with Crippen LogP contribution < -0.4 is 20.1 Å². The van der Waals surface area contributed by atoms with Crippen molar-refractivity contribution in [1.82, 2.24) is 10.2 Å². The van der Waals surface area contributed by atoms with Gasteiger partial charge in [-0.1, -0.05) is 6.07 Å². The third-order valence-electron chi connectivity index (χ3n) is 4.87. The summed E-state index contributed by atoms with van der Waals surface area (Å²) >= 11 is 1.81. The highest BCUT2D eigenvalue weighted by Gasteiger charge is 2.24. The minimum absolute atomic E-state index is 0. The van der Waals surface area contributed by atoms with Gasteiger partial charge in [0.1, 0.15) is 0 Å². The summed E-state index contributed by atoms with van der Waals surface area (Å²) in [5.41, 5.74) is 0.909. The van der Waals surface area contributed by atoms with Crippen LogP contribution in [0.25, 0.3) is 0 Å². The molecule has 1 aromatic carbocycles. The van der Waals surface area contributed by atoms with Crippen LogP contribution in [0.2, 0.25) is 0 Å². The maximum Gasteiger partial charge on any atom is 0.195 e. The topological polar surface area (TPSA) is 58.1 Å². The highest BCUT2D eigenvalue weighted by atomic mass is 127. The maximum absolute atomic E-state index is 5.40. The molecule has 29 heavy (non-hydrogen) atoms. The van der Waals surface area contributed by atoms with Crippen molar-refractivity contribution < 1.29 is 9.47 Å². The van der Waals surface area contributed by atoms with Crippen molar-refractivity contribution in [1.29, 1.82) is 0 Å². The van der Waals surface area contributed by atoms with E-state index in [1.54, 1.807) is 14.2 Å². The summed E-state index contributed by atoms with van der Waals surface area (Å²) in [7, 11) is 3.28. The van der Waals surface area contributed by atoms with E-state index in [2.05, 4.69) is 40.0 Å². The number of nitrogens with one attached hydrogen (secondary N) is 2. The molecule has 1 unspecified atom stereocenters. The van der Waals surface area contributed by atoms with Crippen molar-refractivity contribution >= 4 is 47.0 Å². The fraction of sp³-hybridized carbons (Fsp3) is 0.476. The molecule has 3 rings (SSSR count). The molecule has 1 aliphatic rings. The first kappa shape index (κ1) is 23.8. The number of nitrogens with zero attached hydrogens (tertiary/aromatic N) is 2. The monoisotopic (exact) mass is 530 g/mol. The number of benzene rings is 1. The minimum atomic E-state index is 0. The Morgan fingerprint density at radius 1 is 1.17 bits per heavy atom. The number of thiophene rings is 1. The average molecular weight is 530 g/mol. The van der Waals surface area contributed by atoms with Gasteiger partial charge in [0, 0.05) is 23.2 Å². The molecule has 0 amide bonds. The zero-order valence-corrected chi connectivity index (χ0v) is 20.5. The molecular formula is C21H31IN4O2S. The molecule has 0 spiro atoms. The van der Waals surface area contributed by atoms with Crippen molar-refractivity contribution in [3.63, 3.8) is 0 Å². The van der Waals surface area contributed by atoms with Gasteiger partial charge in [0.25, 0.3) is 0 Å². The predicted octanol–water partition coefficient (Wildman–Crippen LogP) is 4.60. The SMILES string of the molecule is CCNC(=NCC(c1cccs1)N1CCCC1)Nc1ccc(OC)c(OC)c1.I. The van der Waals surface area contributed by atoms with Crippen LogP contribution in [-0.2, 0) is 0 Å². The summed E-state index contributed by atoms with van der Waals surface area (Å²) in [4.78, 5) is 8.83. The second kappa shape index (κ2) is 12.2. The summed E-state index contributed by atoms with van der Waals surface area (Å²) in [6, 6.07) is 10.5. The van der Waals surface area contributed by atoms with Crippen LogP contribution in [0.4, 0.5) is 5.69 Å². The first-order valence-corrected chi connectivity index (χ1v) is 10.7. The fourth-order valence-corrected chi connectivity index (χ4v) is 4.31. The van der Waals surface area contributed by atoms with Gasteiger partial charge in [0.05, 0.1) is 26.8 Å². The highest BCUT2D eigenvalue weighted by Crippen LogP contribution is 2.30. The number of ether oxygens (including phenoxy) is 2. The zero-order chi connectivity index (χ0) is 19.8. The van der Waals surface area contributed by atoms with Crippen LogP contribution in [0.3, 0.4) is 0 Å². The van der Waals surface area contributed by atoms with Gasteiger partial charge >= 0.3 is 0 Å². The van der Waals surface area contributed by atoms with Gasteiger partial charge in [0.2, 0.25) is 0 Å². The zero-order valence-electron chi connectivity index (χ0n) is 17.3. The second-order valence-corrected chi connectivity index (χ2v) is 7.67. The molecule has 2 N–H and O–H groups in total. The van der Waals surface area contributed by atoms with E-state index in [9.17, 15) is 0 Å². The summed E-state index contributed by atoms with van der Waals surface area (Å²) in [5.74, 6) is 2.18. The van der Waals surface area contributed by atoms with Gasteiger partial charge in [-0.05, 0) is 56.4 Å². The standard InChI is InChI=1S/C21H30N4O2S.HI/c1-4-22-21(24-16-9-10-18(26-2)19(14-16)27-3)23-15-17(20-8-7-13-28-20)25-11-5-6-12-25;/h7-10,13-14,17H,4-6,11-12,15H2,1-3H3,(H2,22,23,24);1H. The van der Waals surface area contributed by atoms with Crippen LogP contribution in [0.1, 0.15) is 30.7 Å². The van der Waals surface area contributed by atoms with E-state index in [1.165, 1.54) is 17.7 Å². The number of hydrogen-bond acceptors (Lipinski definition) is 5. The van der Waals surface area contributed by atoms with Gasteiger partial charge in [-0.2, -0.15) is 0 Å². The van der Waals surface area contributed by atoms with Gasteiger partial charge < -0.3 is 20.1 Å². The molecule has 1 aliphatic heterocycles. The third-order valence-corrected chi connectivity index (χ3v) is 5.84. The molecular weight excluding hydrogens is 499 g/mol. The van der Waals surface area contributed by atoms with Crippen LogP contribution >= 0.6 is 35.3 Å². The molecule has 1 saturated heterocycles. The Morgan fingerprint density at radius 2 is 1.93 bits per heavy atom. The van der Waals surface area contributed by atoms with Crippen molar-refractivity contribution in [2.45, 2.75) is 25.8 Å². The van der Waals surface area contributed by atoms with Crippen LogP contribution in [0.15, 0.2) is 40.7 Å². The summed E-state index contributed by atoms with van der Waals surface area (Å²) in [6.07, 6.45) is 2.55. The number of hydrogen-bond donors (Lipinski definition) is 2. The second-order valence-electron chi connectivity index (χ2n) is 6.69. The van der Waals surface area contributed by atoms with Gasteiger partial charge in [0.15, 0.2) is 17.5 Å². The number of anilines is 1. The minimum Gasteiger partial charge on any atom is -0.493 e. The van der Waals surface area contributed by atoms with Crippen molar-refractivity contribution in [2.75, 3.05) is 45.7 Å². The Balaban J connectivity index is 0.00000300. The number of methoxy groups -OCH3 is 2. The summed E-state index contributed by atoms with van der Waals surface area (Å²) in [5, 5.41) is 8.87. The van der Waals surface area contributed by atoms with E-state index in [4.69, 9.17) is 14.5 Å². The van der Waals surface area contributed by atoms with Gasteiger partial charge in [-0.15, -0.1) is 35.3 Å². The Labute approximate surface area is 194 Å². The summed E-state index contributed by atoms with van der Waals surface area (Å²) in [6.45, 7) is 5.90. The van der Waals surface area contributed by atoms with Gasteiger partial charge in [-0.3, -0.25) is 9.89 Å². The molecule has 0 aliphatic carbocycles. The van der Waals surface area contributed by atoms with E-state index in [-0.39, 0.29) is 24.0 Å². The molecule has 2 aromatic rings. The fourth-order valence-electron chi connectivity index (χ4n) is 3.46. The average Bonchev–Trinajstić information content (AvgIpc) is 3.43.